The second-order valence-electron chi connectivity index (χ2n) is 4.92. The Hall–Kier alpha value is -1.48. The molecule has 3 heteroatoms. The Morgan fingerprint density at radius 3 is 3.00 bits per heavy atom. The van der Waals surface area contributed by atoms with Gasteiger partial charge in [-0.1, -0.05) is 19.1 Å². The van der Waals surface area contributed by atoms with Gasteiger partial charge in [0, 0.05) is 5.56 Å². The second-order valence-corrected chi connectivity index (χ2v) is 4.92. The third-order valence-electron chi connectivity index (χ3n) is 3.44. The highest BCUT2D eigenvalue weighted by molar-refractivity contribution is 5.57. The van der Waals surface area contributed by atoms with E-state index in [1.165, 1.54) is 11.1 Å². The topological polar surface area (TPSA) is 31.0 Å². The van der Waals surface area contributed by atoms with Crippen molar-refractivity contribution in [2.75, 3.05) is 13.2 Å². The predicted molar refractivity (Wildman–Crippen MR) is 69.2 cm³/mol. The van der Waals surface area contributed by atoms with Gasteiger partial charge in [-0.3, -0.25) is 0 Å². The highest BCUT2D eigenvalue weighted by Crippen LogP contribution is 2.45. The van der Waals surface area contributed by atoms with Crippen LogP contribution >= 0.6 is 0 Å². The van der Waals surface area contributed by atoms with E-state index in [9.17, 15) is 0 Å². The van der Waals surface area contributed by atoms with Gasteiger partial charge in [0.25, 0.3) is 0 Å². The van der Waals surface area contributed by atoms with Crippen LogP contribution in [-0.4, -0.2) is 19.3 Å². The molecule has 0 aromatic heterocycles. The maximum absolute atomic E-state index is 5.83. The van der Waals surface area contributed by atoms with Crippen LogP contribution in [0.5, 0.6) is 11.5 Å². The van der Waals surface area contributed by atoms with Gasteiger partial charge in [0.15, 0.2) is 0 Å². The average Bonchev–Trinajstić information content (AvgIpc) is 3.15. The monoisotopic (exact) mass is 246 g/mol. The molecule has 3 rings (SSSR count). The van der Waals surface area contributed by atoms with Gasteiger partial charge in [-0.15, -0.1) is 0 Å². The van der Waals surface area contributed by atoms with E-state index >= 15 is 0 Å². The van der Waals surface area contributed by atoms with Gasteiger partial charge in [0.2, 0.25) is 0 Å². The number of benzene rings is 1. The van der Waals surface area contributed by atoms with Crippen molar-refractivity contribution in [2.24, 2.45) is 0 Å². The Labute approximate surface area is 107 Å². The summed E-state index contributed by atoms with van der Waals surface area (Å²) in [5.41, 5.74) is 2.47. The quantitative estimate of drug-likeness (QED) is 0.591. The van der Waals surface area contributed by atoms with Crippen molar-refractivity contribution < 1.29 is 14.2 Å². The van der Waals surface area contributed by atoms with E-state index in [1.54, 1.807) is 6.26 Å². The minimum Gasteiger partial charge on any atom is -0.490 e. The Kier molecular flexibility index (Phi) is 3.00. The molecule has 1 aromatic rings. The van der Waals surface area contributed by atoms with Gasteiger partial charge < -0.3 is 14.2 Å². The van der Waals surface area contributed by atoms with Gasteiger partial charge in [0.1, 0.15) is 24.2 Å². The number of hydrogen-bond acceptors (Lipinski definition) is 3. The highest BCUT2D eigenvalue weighted by Gasteiger charge is 2.29. The summed E-state index contributed by atoms with van der Waals surface area (Å²) >= 11 is 0. The molecule has 2 unspecified atom stereocenters. The van der Waals surface area contributed by atoms with Crippen LogP contribution in [0.15, 0.2) is 24.5 Å². The Morgan fingerprint density at radius 1 is 1.44 bits per heavy atom. The number of epoxide rings is 1. The number of allylic oxidation sites excluding steroid dienone is 1. The molecule has 2 aliphatic rings. The second kappa shape index (κ2) is 4.65. The third kappa shape index (κ3) is 2.10. The molecular weight excluding hydrogens is 228 g/mol. The normalized spacial score (nSPS) is 24.6. The smallest absolute Gasteiger partial charge is 0.136 e. The number of fused-ring (bicyclic) bond motifs is 2. The van der Waals surface area contributed by atoms with Crippen LogP contribution in [0.1, 0.15) is 30.9 Å². The van der Waals surface area contributed by atoms with Gasteiger partial charge >= 0.3 is 0 Å². The van der Waals surface area contributed by atoms with E-state index in [0.717, 1.165) is 24.5 Å². The molecular formula is C15H18O3. The lowest BCUT2D eigenvalue weighted by Crippen LogP contribution is -2.05. The molecule has 0 radical (unpaired) electrons. The molecule has 1 heterocycles. The van der Waals surface area contributed by atoms with Crippen LogP contribution in [0, 0.1) is 0 Å². The predicted octanol–water partition coefficient (Wildman–Crippen LogP) is 3.04. The molecule has 18 heavy (non-hydrogen) atoms. The molecule has 0 N–H and O–H groups in total. The zero-order valence-electron chi connectivity index (χ0n) is 10.8. The van der Waals surface area contributed by atoms with Crippen LogP contribution in [0.4, 0.5) is 0 Å². The van der Waals surface area contributed by atoms with Crippen molar-refractivity contribution in [3.8, 4) is 11.5 Å². The van der Waals surface area contributed by atoms with Gasteiger partial charge in [-0.05, 0) is 30.9 Å². The molecule has 0 amide bonds. The van der Waals surface area contributed by atoms with Crippen molar-refractivity contribution in [1.29, 1.82) is 0 Å². The highest BCUT2D eigenvalue weighted by atomic mass is 16.6. The van der Waals surface area contributed by atoms with Crippen molar-refractivity contribution in [3.05, 3.63) is 35.6 Å². The molecule has 0 spiro atoms. The summed E-state index contributed by atoms with van der Waals surface area (Å²) in [6.45, 7) is 5.64. The van der Waals surface area contributed by atoms with Crippen molar-refractivity contribution in [3.63, 3.8) is 0 Å². The minimum absolute atomic E-state index is 0.288. The van der Waals surface area contributed by atoms with Crippen molar-refractivity contribution in [1.82, 2.24) is 0 Å². The first-order valence-electron chi connectivity index (χ1n) is 6.47. The van der Waals surface area contributed by atoms with Crippen LogP contribution in [0.3, 0.4) is 0 Å². The summed E-state index contributed by atoms with van der Waals surface area (Å²) in [7, 11) is 0. The summed E-state index contributed by atoms with van der Waals surface area (Å²) < 4.78 is 16.7. The lowest BCUT2D eigenvalue weighted by atomic mass is 10.1. The number of hydrogen-bond donors (Lipinski definition) is 0. The zero-order valence-corrected chi connectivity index (χ0v) is 10.8. The largest absolute Gasteiger partial charge is 0.490 e. The van der Waals surface area contributed by atoms with Crippen molar-refractivity contribution in [2.45, 2.75) is 32.3 Å². The van der Waals surface area contributed by atoms with E-state index < -0.39 is 0 Å². The Bertz CT molecular complexity index is 475. The fourth-order valence-corrected chi connectivity index (χ4v) is 2.38. The fourth-order valence-electron chi connectivity index (χ4n) is 2.38. The maximum Gasteiger partial charge on any atom is 0.136 e. The molecule has 1 aromatic carbocycles. The molecule has 2 bridgehead atoms. The molecule has 0 saturated carbocycles. The van der Waals surface area contributed by atoms with Crippen molar-refractivity contribution >= 4 is 0 Å². The maximum atomic E-state index is 5.83. The molecule has 3 nitrogen and oxygen atoms in total. The van der Waals surface area contributed by atoms with E-state index in [0.29, 0.717) is 12.5 Å². The van der Waals surface area contributed by atoms with E-state index in [-0.39, 0.29) is 6.10 Å². The lowest BCUT2D eigenvalue weighted by Gasteiger charge is -2.10. The first kappa shape index (κ1) is 11.6. The van der Waals surface area contributed by atoms with Gasteiger partial charge in [-0.2, -0.15) is 0 Å². The molecule has 96 valence electrons. The van der Waals surface area contributed by atoms with Gasteiger partial charge in [0.05, 0.1) is 12.9 Å². The summed E-state index contributed by atoms with van der Waals surface area (Å²) in [5, 5.41) is 0. The average molecular weight is 246 g/mol. The van der Waals surface area contributed by atoms with E-state index in [2.05, 4.69) is 19.1 Å². The SMILES string of the molecule is CC=COc1c2ccc(OCC3CO3)c1CC2C. The minimum atomic E-state index is 0.288. The summed E-state index contributed by atoms with van der Waals surface area (Å²) in [6, 6.07) is 4.17. The standard InChI is InChI=1S/C15H18O3/c1-3-6-16-15-12-4-5-14(13(15)7-10(12)2)18-9-11-8-17-11/h3-6,10-11H,7-9H2,1-2H3. The first-order chi connectivity index (χ1) is 8.79. The third-order valence-corrected chi connectivity index (χ3v) is 3.44. The molecule has 1 aliphatic heterocycles. The Balaban J connectivity index is 1.84. The van der Waals surface area contributed by atoms with E-state index in [1.807, 2.05) is 13.0 Å². The molecule has 1 fully saturated rings. The van der Waals surface area contributed by atoms with Crippen LogP contribution in [0.25, 0.3) is 0 Å². The number of rotatable bonds is 5. The fraction of sp³-hybridized carbons (Fsp3) is 0.467. The van der Waals surface area contributed by atoms with Crippen LogP contribution < -0.4 is 9.47 Å². The zero-order chi connectivity index (χ0) is 12.5. The lowest BCUT2D eigenvalue weighted by molar-refractivity contribution is 0.260. The van der Waals surface area contributed by atoms with Gasteiger partial charge in [-0.25, -0.2) is 0 Å². The summed E-state index contributed by atoms with van der Waals surface area (Å²) in [6.07, 6.45) is 4.91. The van der Waals surface area contributed by atoms with Crippen LogP contribution in [-0.2, 0) is 11.2 Å². The van der Waals surface area contributed by atoms with E-state index in [4.69, 9.17) is 14.2 Å². The Morgan fingerprint density at radius 2 is 2.28 bits per heavy atom. The van der Waals surface area contributed by atoms with Crippen LogP contribution in [0.2, 0.25) is 0 Å². The number of ether oxygens (including phenoxy) is 3. The summed E-state index contributed by atoms with van der Waals surface area (Å²) in [4.78, 5) is 0. The first-order valence-corrected chi connectivity index (χ1v) is 6.47. The summed E-state index contributed by atoms with van der Waals surface area (Å²) in [5.74, 6) is 2.43. The molecule has 1 aliphatic carbocycles. The molecule has 2 atom stereocenters. The molecule has 1 saturated heterocycles.